The largest absolute Gasteiger partial charge is 0.618 e. The van der Waals surface area contributed by atoms with Crippen LogP contribution in [0.2, 0.25) is 5.02 Å². The zero-order chi connectivity index (χ0) is 15.2. The van der Waals surface area contributed by atoms with Crippen molar-refractivity contribution in [2.75, 3.05) is 6.61 Å². The van der Waals surface area contributed by atoms with E-state index < -0.39 is 11.6 Å². The van der Waals surface area contributed by atoms with Crippen molar-refractivity contribution >= 4 is 29.0 Å². The van der Waals surface area contributed by atoms with Crippen molar-refractivity contribution in [2.24, 2.45) is 0 Å². The van der Waals surface area contributed by atoms with Gasteiger partial charge in [0.05, 0.1) is 6.42 Å². The normalized spacial score (nSPS) is 22.5. The van der Waals surface area contributed by atoms with Crippen LogP contribution < -0.4 is 0 Å². The summed E-state index contributed by atoms with van der Waals surface area (Å²) in [6.07, 6.45) is 0.387. The first kappa shape index (κ1) is 13.9. The quantitative estimate of drug-likeness (QED) is 0.346. The molecule has 1 aromatic rings. The van der Waals surface area contributed by atoms with Gasteiger partial charge in [0.15, 0.2) is 0 Å². The number of carbonyl (C=O) groups excluding carboxylic acids is 1. The average Bonchev–Trinajstić information content (AvgIpc) is 2.77. The maximum atomic E-state index is 12.7. The highest BCUT2D eigenvalue weighted by molar-refractivity contribution is 6.30. The predicted molar refractivity (Wildman–Crippen MR) is 77.5 cm³/mol. The zero-order valence-electron chi connectivity index (χ0n) is 11.7. The minimum atomic E-state index is -0.640. The van der Waals surface area contributed by atoms with Crippen LogP contribution in [0.1, 0.15) is 20.3 Å². The molecule has 0 bridgehead atoms. The van der Waals surface area contributed by atoms with E-state index in [0.717, 1.165) is 4.74 Å². The maximum Gasteiger partial charge on any atom is 0.374 e. The molecule has 21 heavy (non-hydrogen) atoms. The number of hydrogen-bond donors (Lipinski definition) is 0. The molecular formula is C15H14ClNO4. The van der Waals surface area contributed by atoms with Gasteiger partial charge in [-0.2, -0.15) is 4.74 Å². The Morgan fingerprint density at radius 2 is 2.14 bits per heavy atom. The lowest BCUT2D eigenvalue weighted by Gasteiger charge is -2.30. The molecule has 2 aliphatic heterocycles. The van der Waals surface area contributed by atoms with Gasteiger partial charge in [-0.25, -0.2) is 4.79 Å². The summed E-state index contributed by atoms with van der Waals surface area (Å²) in [5, 5.41) is 13.1. The molecule has 0 saturated heterocycles. The van der Waals surface area contributed by atoms with Crippen LogP contribution in [0.3, 0.4) is 0 Å². The van der Waals surface area contributed by atoms with E-state index >= 15 is 0 Å². The van der Waals surface area contributed by atoms with Crippen LogP contribution in [-0.4, -0.2) is 28.6 Å². The van der Waals surface area contributed by atoms with Gasteiger partial charge < -0.3 is 14.7 Å². The molecule has 2 heterocycles. The molecule has 0 atom stereocenters. The van der Waals surface area contributed by atoms with Crippen LogP contribution in [0, 0.1) is 5.21 Å². The monoisotopic (exact) mass is 307 g/mol. The smallest absolute Gasteiger partial charge is 0.374 e. The van der Waals surface area contributed by atoms with Crippen LogP contribution in [0.4, 0.5) is 5.69 Å². The first-order chi connectivity index (χ1) is 9.87. The lowest BCUT2D eigenvalue weighted by Crippen LogP contribution is -2.36. The lowest BCUT2D eigenvalue weighted by atomic mass is 9.93. The fourth-order valence-corrected chi connectivity index (χ4v) is 2.67. The first-order valence-corrected chi connectivity index (χ1v) is 6.93. The summed E-state index contributed by atoms with van der Waals surface area (Å²) in [7, 11) is 0. The lowest BCUT2D eigenvalue weighted by molar-refractivity contribution is -0.363. The molecule has 0 radical (unpaired) electrons. The van der Waals surface area contributed by atoms with Gasteiger partial charge in [0.2, 0.25) is 17.2 Å². The predicted octanol–water partition coefficient (Wildman–Crippen LogP) is 2.93. The van der Waals surface area contributed by atoms with E-state index in [1.54, 1.807) is 24.3 Å². The molecule has 1 aromatic carbocycles. The number of hydrogen-bond acceptors (Lipinski definition) is 4. The van der Waals surface area contributed by atoms with Crippen molar-refractivity contribution in [2.45, 2.75) is 25.9 Å². The fraction of sp³-hybridized carbons (Fsp3) is 0.333. The number of carbonyl (C=O) groups is 1. The van der Waals surface area contributed by atoms with Crippen LogP contribution in [0.15, 0.2) is 35.6 Å². The maximum absolute atomic E-state index is 12.7. The third kappa shape index (κ3) is 2.49. The second-order valence-electron chi connectivity index (χ2n) is 5.64. The van der Waals surface area contributed by atoms with Gasteiger partial charge in [-0.1, -0.05) is 17.7 Å². The Kier molecular flexibility index (Phi) is 3.17. The minimum Gasteiger partial charge on any atom is -0.618 e. The Morgan fingerprint density at radius 3 is 2.86 bits per heavy atom. The molecule has 0 saturated carbocycles. The molecule has 0 aliphatic carbocycles. The summed E-state index contributed by atoms with van der Waals surface area (Å²) in [5.41, 5.74) is 0.781. The highest BCUT2D eigenvalue weighted by Crippen LogP contribution is 2.34. The zero-order valence-corrected chi connectivity index (χ0v) is 12.4. The van der Waals surface area contributed by atoms with E-state index in [9.17, 15) is 10.0 Å². The van der Waals surface area contributed by atoms with Gasteiger partial charge >= 0.3 is 5.97 Å². The summed E-state index contributed by atoms with van der Waals surface area (Å²) in [6.45, 7) is 3.72. The van der Waals surface area contributed by atoms with Gasteiger partial charge in [0.1, 0.15) is 17.8 Å². The molecule has 0 spiro atoms. The summed E-state index contributed by atoms with van der Waals surface area (Å²) < 4.78 is 11.4. The van der Waals surface area contributed by atoms with Gasteiger partial charge in [-0.3, -0.25) is 0 Å². The van der Waals surface area contributed by atoms with E-state index in [1.165, 1.54) is 0 Å². The molecular weight excluding hydrogens is 294 g/mol. The molecule has 6 heteroatoms. The highest BCUT2D eigenvalue weighted by Gasteiger charge is 2.44. The Bertz CT molecular complexity index is 691. The summed E-state index contributed by atoms with van der Waals surface area (Å²) in [6, 6.07) is 6.66. The van der Waals surface area contributed by atoms with Gasteiger partial charge in [0.25, 0.3) is 0 Å². The van der Waals surface area contributed by atoms with E-state index in [-0.39, 0.29) is 12.4 Å². The van der Waals surface area contributed by atoms with Crippen molar-refractivity contribution in [1.29, 1.82) is 0 Å². The first-order valence-electron chi connectivity index (χ1n) is 6.56. The Morgan fingerprint density at radius 1 is 1.38 bits per heavy atom. The molecule has 0 unspecified atom stereocenters. The van der Waals surface area contributed by atoms with Crippen molar-refractivity contribution < 1.29 is 19.0 Å². The molecule has 5 nitrogen and oxygen atoms in total. The van der Waals surface area contributed by atoms with Crippen LogP contribution in [0.5, 0.6) is 0 Å². The Balaban J connectivity index is 2.15. The minimum absolute atomic E-state index is 0.0683. The molecule has 0 amide bonds. The number of esters is 1. The van der Waals surface area contributed by atoms with Crippen molar-refractivity contribution in [1.82, 2.24) is 0 Å². The fourth-order valence-electron chi connectivity index (χ4n) is 2.48. The molecule has 0 aromatic heterocycles. The Hall–Kier alpha value is -2.01. The van der Waals surface area contributed by atoms with Crippen molar-refractivity contribution in [3.05, 3.63) is 45.8 Å². The van der Waals surface area contributed by atoms with E-state index in [2.05, 4.69) is 0 Å². The number of halogens is 1. The highest BCUT2D eigenvalue weighted by atomic mass is 35.5. The SMILES string of the molecule is CC1(C)C/C(=[N+](\[O-])c2cccc(Cl)c2)C2=C(O1)C(=O)OC2. The third-order valence-electron chi connectivity index (χ3n) is 3.41. The van der Waals surface area contributed by atoms with Crippen molar-refractivity contribution in [3.63, 3.8) is 0 Å². The van der Waals surface area contributed by atoms with Crippen molar-refractivity contribution in [3.8, 4) is 0 Å². The summed E-state index contributed by atoms with van der Waals surface area (Å²) in [4.78, 5) is 11.7. The summed E-state index contributed by atoms with van der Waals surface area (Å²) >= 11 is 5.93. The van der Waals surface area contributed by atoms with E-state index in [1.807, 2.05) is 13.8 Å². The van der Waals surface area contributed by atoms with Gasteiger partial charge in [-0.15, -0.1) is 0 Å². The van der Waals surface area contributed by atoms with Crippen LogP contribution >= 0.6 is 11.6 Å². The Labute approximate surface area is 127 Å². The van der Waals surface area contributed by atoms with E-state index in [0.29, 0.717) is 28.4 Å². The average molecular weight is 308 g/mol. The van der Waals surface area contributed by atoms with Gasteiger partial charge in [0, 0.05) is 17.2 Å². The number of benzene rings is 1. The number of ether oxygens (including phenoxy) is 2. The van der Waals surface area contributed by atoms with Crippen LogP contribution in [0.25, 0.3) is 0 Å². The molecule has 2 aliphatic rings. The second-order valence-corrected chi connectivity index (χ2v) is 6.08. The standard InChI is InChI=1S/C15H14ClNO4/c1-15(2)7-12(11-8-20-14(18)13(11)21-15)17(19)10-5-3-4-9(16)6-10/h3-6H,7-8H2,1-2H3/b17-12+. The third-order valence-corrected chi connectivity index (χ3v) is 3.65. The molecule has 110 valence electrons. The van der Waals surface area contributed by atoms with Crippen LogP contribution in [-0.2, 0) is 14.3 Å². The van der Waals surface area contributed by atoms with Gasteiger partial charge in [-0.05, 0) is 19.9 Å². The number of cyclic esters (lactones) is 1. The molecule has 3 rings (SSSR count). The topological polar surface area (TPSA) is 61.6 Å². The number of nitrogens with zero attached hydrogens (tertiary/aromatic N) is 1. The molecule has 0 fully saturated rings. The summed E-state index contributed by atoms with van der Waals surface area (Å²) in [5.74, 6) is -0.376. The number of rotatable bonds is 1. The van der Waals surface area contributed by atoms with E-state index in [4.69, 9.17) is 21.1 Å². The second kappa shape index (κ2) is 4.77. The molecule has 0 N–H and O–H groups in total.